The average Bonchev–Trinajstić information content (AvgIpc) is 3.03. The summed E-state index contributed by atoms with van der Waals surface area (Å²) in [6.07, 6.45) is 3.38. The van der Waals surface area contributed by atoms with Gasteiger partial charge in [0.2, 0.25) is 0 Å². The maximum Gasteiger partial charge on any atom is 0.359 e. The van der Waals surface area contributed by atoms with E-state index in [2.05, 4.69) is 25.8 Å². The van der Waals surface area contributed by atoms with Gasteiger partial charge in [0.15, 0.2) is 18.1 Å². The van der Waals surface area contributed by atoms with Crippen LogP contribution in [-0.4, -0.2) is 27.7 Å². The Morgan fingerprint density at radius 3 is 2.44 bits per heavy atom. The van der Waals surface area contributed by atoms with E-state index in [1.54, 1.807) is 35.0 Å². The number of fused-ring (bicyclic) bond motifs is 1. The van der Waals surface area contributed by atoms with Gasteiger partial charge in [-0.1, -0.05) is 51.1 Å². The molecule has 0 N–H and O–H groups in total. The van der Waals surface area contributed by atoms with Crippen LogP contribution in [0.3, 0.4) is 0 Å². The Bertz CT molecular complexity index is 885. The number of ketones is 1. The summed E-state index contributed by atoms with van der Waals surface area (Å²) in [6, 6.07) is 12.9. The van der Waals surface area contributed by atoms with E-state index in [-0.39, 0.29) is 23.5 Å². The number of pyridine rings is 1. The number of carbonyl (C=O) groups is 2. The summed E-state index contributed by atoms with van der Waals surface area (Å²) in [5.41, 5.74) is 2.53. The largest absolute Gasteiger partial charge is 0.453 e. The van der Waals surface area contributed by atoms with Crippen molar-refractivity contribution in [2.75, 3.05) is 6.61 Å². The molecule has 0 aliphatic carbocycles. The molecule has 0 fully saturated rings. The Labute approximate surface area is 146 Å². The Kier molecular flexibility index (Phi) is 4.40. The van der Waals surface area contributed by atoms with Crippen molar-refractivity contribution in [2.45, 2.75) is 26.2 Å². The second-order valence-corrected chi connectivity index (χ2v) is 6.92. The summed E-state index contributed by atoms with van der Waals surface area (Å²) in [6.45, 7) is 6.03. The number of imidazole rings is 1. The molecule has 0 radical (unpaired) electrons. The van der Waals surface area contributed by atoms with Crippen LogP contribution in [0.4, 0.5) is 0 Å². The van der Waals surface area contributed by atoms with Crippen LogP contribution in [0.5, 0.6) is 0 Å². The minimum Gasteiger partial charge on any atom is -0.453 e. The Balaban J connectivity index is 1.64. The smallest absolute Gasteiger partial charge is 0.359 e. The van der Waals surface area contributed by atoms with Crippen molar-refractivity contribution in [2.24, 2.45) is 0 Å². The zero-order chi connectivity index (χ0) is 18.0. The lowest BCUT2D eigenvalue weighted by Crippen LogP contribution is -2.15. The molecule has 5 heteroatoms. The van der Waals surface area contributed by atoms with Gasteiger partial charge < -0.3 is 9.14 Å². The molecule has 5 nitrogen and oxygen atoms in total. The highest BCUT2D eigenvalue weighted by Gasteiger charge is 2.17. The number of carbonyl (C=O) groups excluding carboxylic acids is 2. The summed E-state index contributed by atoms with van der Waals surface area (Å²) in [5.74, 6) is -0.846. The van der Waals surface area contributed by atoms with Crippen molar-refractivity contribution < 1.29 is 14.3 Å². The van der Waals surface area contributed by atoms with Gasteiger partial charge in [0.05, 0.1) is 0 Å². The molecule has 0 atom stereocenters. The number of hydrogen-bond donors (Lipinski definition) is 0. The molecule has 3 aromatic rings. The standard InChI is InChI=1S/C20H20N2O3/c1-20(2,3)15-9-7-14(8-10-15)17(23)13-25-19(24)16-12-22-11-5-4-6-18(22)21-16/h4-12H,13H2,1-3H3. The fourth-order valence-electron chi connectivity index (χ4n) is 2.48. The van der Waals surface area contributed by atoms with Crippen LogP contribution in [0.2, 0.25) is 0 Å². The van der Waals surface area contributed by atoms with Gasteiger partial charge in [-0.2, -0.15) is 0 Å². The van der Waals surface area contributed by atoms with Crippen molar-refractivity contribution in [1.82, 2.24) is 9.38 Å². The number of benzene rings is 1. The van der Waals surface area contributed by atoms with Gasteiger partial charge in [0.25, 0.3) is 0 Å². The lowest BCUT2D eigenvalue weighted by Gasteiger charge is -2.18. The van der Waals surface area contributed by atoms with E-state index in [0.29, 0.717) is 11.2 Å². The van der Waals surface area contributed by atoms with Crippen LogP contribution in [-0.2, 0) is 10.2 Å². The minimum absolute atomic E-state index is 0.0250. The van der Waals surface area contributed by atoms with Crippen molar-refractivity contribution in [3.8, 4) is 0 Å². The summed E-state index contributed by atoms with van der Waals surface area (Å²) >= 11 is 0. The third-order valence-electron chi connectivity index (χ3n) is 3.98. The fraction of sp³-hybridized carbons (Fsp3) is 0.250. The first kappa shape index (κ1) is 16.9. The van der Waals surface area contributed by atoms with Crippen molar-refractivity contribution in [1.29, 1.82) is 0 Å². The molecule has 0 amide bonds. The first-order valence-electron chi connectivity index (χ1n) is 8.09. The summed E-state index contributed by atoms with van der Waals surface area (Å²) in [7, 11) is 0. The molecular formula is C20H20N2O3. The molecule has 2 heterocycles. The lowest BCUT2D eigenvalue weighted by atomic mass is 9.86. The van der Waals surface area contributed by atoms with Crippen LogP contribution in [0, 0.1) is 0 Å². The number of Topliss-reactive ketones (excluding diaryl/α,β-unsaturated/α-hetero) is 1. The molecule has 128 valence electrons. The fourth-order valence-corrected chi connectivity index (χ4v) is 2.48. The number of rotatable bonds is 4. The van der Waals surface area contributed by atoms with E-state index in [1.807, 2.05) is 24.3 Å². The normalized spacial score (nSPS) is 11.5. The Morgan fingerprint density at radius 1 is 1.08 bits per heavy atom. The predicted octanol–water partition coefficient (Wildman–Crippen LogP) is 3.67. The molecule has 0 aliphatic heterocycles. The zero-order valence-corrected chi connectivity index (χ0v) is 14.5. The van der Waals surface area contributed by atoms with Crippen LogP contribution in [0.1, 0.15) is 47.2 Å². The highest BCUT2D eigenvalue weighted by atomic mass is 16.5. The average molecular weight is 336 g/mol. The van der Waals surface area contributed by atoms with E-state index in [4.69, 9.17) is 4.74 Å². The molecule has 0 bridgehead atoms. The zero-order valence-electron chi connectivity index (χ0n) is 14.5. The van der Waals surface area contributed by atoms with E-state index < -0.39 is 5.97 Å². The number of aromatic nitrogens is 2. The predicted molar refractivity (Wildman–Crippen MR) is 94.9 cm³/mol. The van der Waals surface area contributed by atoms with Crippen LogP contribution in [0.15, 0.2) is 54.9 Å². The Morgan fingerprint density at radius 2 is 1.80 bits per heavy atom. The van der Waals surface area contributed by atoms with Gasteiger partial charge in [0.1, 0.15) is 5.65 Å². The maximum absolute atomic E-state index is 12.2. The van der Waals surface area contributed by atoms with Gasteiger partial charge in [-0.3, -0.25) is 4.79 Å². The monoisotopic (exact) mass is 336 g/mol. The summed E-state index contributed by atoms with van der Waals surface area (Å²) < 4.78 is 6.83. The van der Waals surface area contributed by atoms with Crippen molar-refractivity contribution in [3.63, 3.8) is 0 Å². The molecule has 0 saturated carbocycles. The SMILES string of the molecule is CC(C)(C)c1ccc(C(=O)COC(=O)c2cn3ccccc3n2)cc1. The third-order valence-corrected chi connectivity index (χ3v) is 3.98. The second-order valence-electron chi connectivity index (χ2n) is 6.92. The van der Waals surface area contributed by atoms with Gasteiger partial charge >= 0.3 is 5.97 Å². The van der Waals surface area contributed by atoms with Gasteiger partial charge in [0, 0.05) is 18.0 Å². The first-order valence-corrected chi connectivity index (χ1v) is 8.09. The molecule has 25 heavy (non-hydrogen) atoms. The van der Waals surface area contributed by atoms with Crippen LogP contribution < -0.4 is 0 Å². The number of nitrogens with zero attached hydrogens (tertiary/aromatic N) is 2. The molecule has 0 aliphatic rings. The molecule has 0 saturated heterocycles. The molecular weight excluding hydrogens is 316 g/mol. The molecule has 2 aromatic heterocycles. The molecule has 0 spiro atoms. The van der Waals surface area contributed by atoms with Gasteiger partial charge in [-0.25, -0.2) is 9.78 Å². The minimum atomic E-state index is -0.608. The number of ether oxygens (including phenoxy) is 1. The summed E-state index contributed by atoms with van der Waals surface area (Å²) in [5, 5.41) is 0. The van der Waals surface area contributed by atoms with Crippen LogP contribution in [0.25, 0.3) is 5.65 Å². The molecule has 1 aromatic carbocycles. The second kappa shape index (κ2) is 6.51. The third kappa shape index (κ3) is 3.76. The first-order chi connectivity index (χ1) is 11.8. The highest BCUT2D eigenvalue weighted by molar-refractivity contribution is 5.99. The lowest BCUT2D eigenvalue weighted by molar-refractivity contribution is 0.0469. The molecule has 3 rings (SSSR count). The topological polar surface area (TPSA) is 60.7 Å². The van der Waals surface area contributed by atoms with Crippen LogP contribution >= 0.6 is 0 Å². The van der Waals surface area contributed by atoms with Crippen molar-refractivity contribution in [3.05, 3.63) is 71.7 Å². The van der Waals surface area contributed by atoms with Crippen molar-refractivity contribution >= 4 is 17.4 Å². The quantitative estimate of drug-likeness (QED) is 0.539. The maximum atomic E-state index is 12.2. The van der Waals surface area contributed by atoms with E-state index >= 15 is 0 Å². The molecule has 0 unspecified atom stereocenters. The van der Waals surface area contributed by atoms with E-state index in [0.717, 1.165) is 5.56 Å². The number of esters is 1. The van der Waals surface area contributed by atoms with E-state index in [1.165, 1.54) is 0 Å². The number of hydrogen-bond acceptors (Lipinski definition) is 4. The van der Waals surface area contributed by atoms with Gasteiger partial charge in [-0.15, -0.1) is 0 Å². The highest BCUT2D eigenvalue weighted by Crippen LogP contribution is 2.22. The summed E-state index contributed by atoms with van der Waals surface area (Å²) in [4.78, 5) is 28.5. The van der Waals surface area contributed by atoms with E-state index in [9.17, 15) is 9.59 Å². The Hall–Kier alpha value is -2.95. The van der Waals surface area contributed by atoms with Gasteiger partial charge in [-0.05, 0) is 23.1 Å².